The van der Waals surface area contributed by atoms with Crippen molar-refractivity contribution in [2.24, 2.45) is 5.73 Å². The van der Waals surface area contributed by atoms with E-state index in [0.29, 0.717) is 6.54 Å². The predicted molar refractivity (Wildman–Crippen MR) is 52.4 cm³/mol. The maximum absolute atomic E-state index is 5.42. The third-order valence-corrected chi connectivity index (χ3v) is 1.85. The summed E-state index contributed by atoms with van der Waals surface area (Å²) in [6.45, 7) is 0.591. The van der Waals surface area contributed by atoms with E-state index < -0.39 is 0 Å². The van der Waals surface area contributed by atoms with Crippen LogP contribution in [-0.4, -0.2) is 26.5 Å². The Morgan fingerprint density at radius 2 is 2.14 bits per heavy atom. The van der Waals surface area contributed by atoms with Crippen molar-refractivity contribution < 1.29 is 0 Å². The van der Waals surface area contributed by atoms with Gasteiger partial charge in [0.25, 0.3) is 0 Å². The van der Waals surface area contributed by atoms with Crippen molar-refractivity contribution in [1.29, 1.82) is 0 Å². The molecule has 2 aromatic heterocycles. The molecule has 2 aromatic rings. The summed E-state index contributed by atoms with van der Waals surface area (Å²) in [4.78, 5) is 15.5. The molecule has 3 N–H and O–H groups in total. The molecule has 0 spiro atoms. The van der Waals surface area contributed by atoms with Crippen LogP contribution in [0.15, 0.2) is 24.8 Å². The molecule has 2 rings (SSSR count). The molecule has 0 bridgehead atoms. The molecule has 0 aliphatic carbocycles. The van der Waals surface area contributed by atoms with Gasteiger partial charge in [-0.25, -0.2) is 4.98 Å². The van der Waals surface area contributed by atoms with E-state index >= 15 is 0 Å². The van der Waals surface area contributed by atoms with E-state index in [9.17, 15) is 0 Å². The molecule has 0 fully saturated rings. The number of nitrogens with one attached hydrogen (secondary N) is 1. The molecule has 14 heavy (non-hydrogen) atoms. The number of rotatable bonds is 3. The molecule has 0 aromatic carbocycles. The van der Waals surface area contributed by atoms with Crippen molar-refractivity contribution in [3.05, 3.63) is 30.6 Å². The highest BCUT2D eigenvalue weighted by molar-refractivity contribution is 5.51. The third-order valence-electron chi connectivity index (χ3n) is 1.85. The number of aromatic amines is 1. The highest BCUT2D eigenvalue weighted by Gasteiger charge is 2.02. The molecule has 0 aliphatic heterocycles. The average Bonchev–Trinajstić information content (AvgIpc) is 2.68. The molecule has 0 radical (unpaired) electrons. The number of hydrogen-bond acceptors (Lipinski definition) is 4. The summed E-state index contributed by atoms with van der Waals surface area (Å²) < 4.78 is 0. The van der Waals surface area contributed by atoms with E-state index in [4.69, 9.17) is 5.73 Å². The molecule has 0 amide bonds. The van der Waals surface area contributed by atoms with E-state index in [1.165, 1.54) is 0 Å². The summed E-state index contributed by atoms with van der Waals surface area (Å²) in [5.41, 5.74) is 7.09. The highest BCUT2D eigenvalue weighted by atomic mass is 14.9. The van der Waals surface area contributed by atoms with E-state index in [2.05, 4.69) is 19.9 Å². The predicted octanol–water partition coefficient (Wildman–Crippen LogP) is 0.368. The highest BCUT2D eigenvalue weighted by Crippen LogP contribution is 2.11. The van der Waals surface area contributed by atoms with Crippen LogP contribution >= 0.6 is 0 Å². The molecule has 5 heteroatoms. The molecule has 5 nitrogen and oxygen atoms in total. The van der Waals surface area contributed by atoms with Gasteiger partial charge in [0.05, 0.1) is 18.1 Å². The zero-order chi connectivity index (χ0) is 9.80. The Balaban J connectivity index is 2.25. The van der Waals surface area contributed by atoms with Crippen LogP contribution in [0.3, 0.4) is 0 Å². The molecule has 0 saturated carbocycles. The second kappa shape index (κ2) is 3.97. The first-order valence-corrected chi connectivity index (χ1v) is 4.40. The van der Waals surface area contributed by atoms with Crippen molar-refractivity contribution in [3.63, 3.8) is 0 Å². The Hall–Kier alpha value is -1.75. The fourth-order valence-electron chi connectivity index (χ4n) is 1.19. The second-order valence-electron chi connectivity index (χ2n) is 2.87. The van der Waals surface area contributed by atoms with Crippen LogP contribution in [0.4, 0.5) is 0 Å². The van der Waals surface area contributed by atoms with Crippen molar-refractivity contribution in [2.75, 3.05) is 6.54 Å². The van der Waals surface area contributed by atoms with Crippen molar-refractivity contribution in [2.45, 2.75) is 6.42 Å². The van der Waals surface area contributed by atoms with Crippen LogP contribution in [0.5, 0.6) is 0 Å². The van der Waals surface area contributed by atoms with Crippen LogP contribution in [0, 0.1) is 0 Å². The lowest BCUT2D eigenvalue weighted by molar-refractivity contribution is 0.894. The maximum Gasteiger partial charge on any atom is 0.107 e. The number of hydrogen-bond donors (Lipinski definition) is 2. The Labute approximate surface area is 81.4 Å². The minimum absolute atomic E-state index is 0.591. The normalized spacial score (nSPS) is 10.4. The maximum atomic E-state index is 5.42. The van der Waals surface area contributed by atoms with Gasteiger partial charge in [-0.2, -0.15) is 0 Å². The second-order valence-corrected chi connectivity index (χ2v) is 2.87. The van der Waals surface area contributed by atoms with Gasteiger partial charge in [-0.15, -0.1) is 0 Å². The van der Waals surface area contributed by atoms with E-state index in [-0.39, 0.29) is 0 Å². The lowest BCUT2D eigenvalue weighted by Gasteiger charge is -1.93. The topological polar surface area (TPSA) is 80.5 Å². The number of nitrogens with zero attached hydrogens (tertiary/aromatic N) is 3. The first-order chi connectivity index (χ1) is 6.90. The van der Waals surface area contributed by atoms with Crippen molar-refractivity contribution >= 4 is 0 Å². The van der Waals surface area contributed by atoms with E-state index in [1.54, 1.807) is 24.8 Å². The van der Waals surface area contributed by atoms with Gasteiger partial charge in [0.2, 0.25) is 0 Å². The van der Waals surface area contributed by atoms with E-state index in [0.717, 1.165) is 23.6 Å². The first kappa shape index (κ1) is 8.83. The van der Waals surface area contributed by atoms with Crippen molar-refractivity contribution in [1.82, 2.24) is 19.9 Å². The molecule has 72 valence electrons. The quantitative estimate of drug-likeness (QED) is 0.730. The lowest BCUT2D eigenvalue weighted by atomic mass is 10.3. The summed E-state index contributed by atoms with van der Waals surface area (Å²) in [7, 11) is 0. The largest absolute Gasteiger partial charge is 0.341 e. The van der Waals surface area contributed by atoms with Crippen molar-refractivity contribution in [3.8, 4) is 11.4 Å². The van der Waals surface area contributed by atoms with Gasteiger partial charge in [-0.1, -0.05) is 0 Å². The van der Waals surface area contributed by atoms with Gasteiger partial charge < -0.3 is 10.7 Å². The minimum atomic E-state index is 0.591. The fraction of sp³-hybridized carbons (Fsp3) is 0.222. The minimum Gasteiger partial charge on any atom is -0.341 e. The standard InChI is InChI=1S/C9H11N5/c10-2-1-9-13-6-8(14-9)7-5-11-3-4-12-7/h3-6H,1-2,10H2,(H,13,14). The van der Waals surface area contributed by atoms with Crippen LogP contribution in [0.1, 0.15) is 5.82 Å². The zero-order valence-corrected chi connectivity index (χ0v) is 7.64. The Kier molecular flexibility index (Phi) is 2.51. The average molecular weight is 189 g/mol. The van der Waals surface area contributed by atoms with E-state index in [1.807, 2.05) is 0 Å². The summed E-state index contributed by atoms with van der Waals surface area (Å²) in [6.07, 6.45) is 7.48. The van der Waals surface area contributed by atoms with Crippen LogP contribution < -0.4 is 5.73 Å². The molecule has 0 unspecified atom stereocenters. The molecule has 0 aliphatic rings. The summed E-state index contributed by atoms with van der Waals surface area (Å²) in [5.74, 6) is 0.883. The number of H-pyrrole nitrogens is 1. The van der Waals surface area contributed by atoms with Gasteiger partial charge in [-0.05, 0) is 6.54 Å². The Morgan fingerprint density at radius 1 is 1.21 bits per heavy atom. The molecule has 0 atom stereocenters. The van der Waals surface area contributed by atoms with Gasteiger partial charge in [0.1, 0.15) is 11.5 Å². The molecular weight excluding hydrogens is 178 g/mol. The number of imidazole rings is 1. The smallest absolute Gasteiger partial charge is 0.107 e. The summed E-state index contributed by atoms with van der Waals surface area (Å²) in [6, 6.07) is 0. The van der Waals surface area contributed by atoms with Crippen LogP contribution in [0.25, 0.3) is 11.4 Å². The van der Waals surface area contributed by atoms with Gasteiger partial charge in [0, 0.05) is 18.8 Å². The summed E-state index contributed by atoms with van der Waals surface area (Å²) >= 11 is 0. The molecular formula is C9H11N5. The first-order valence-electron chi connectivity index (χ1n) is 4.40. The van der Waals surface area contributed by atoms with Crippen LogP contribution in [0.2, 0.25) is 0 Å². The Bertz CT molecular complexity index is 395. The fourth-order valence-corrected chi connectivity index (χ4v) is 1.19. The third kappa shape index (κ3) is 1.77. The van der Waals surface area contributed by atoms with Gasteiger partial charge >= 0.3 is 0 Å². The van der Waals surface area contributed by atoms with Gasteiger partial charge in [-0.3, -0.25) is 9.97 Å². The van der Waals surface area contributed by atoms with Gasteiger partial charge in [0.15, 0.2) is 0 Å². The summed E-state index contributed by atoms with van der Waals surface area (Å²) in [5, 5.41) is 0. The zero-order valence-electron chi connectivity index (χ0n) is 7.64. The molecule has 0 saturated heterocycles. The molecule has 2 heterocycles. The van der Waals surface area contributed by atoms with Crippen LogP contribution in [-0.2, 0) is 6.42 Å². The Morgan fingerprint density at radius 3 is 2.86 bits per heavy atom. The lowest BCUT2D eigenvalue weighted by Crippen LogP contribution is -2.03. The monoisotopic (exact) mass is 189 g/mol. The SMILES string of the molecule is NCCc1ncc(-c2cnccn2)[nH]1. The number of nitrogens with two attached hydrogens (primary N) is 1. The number of aromatic nitrogens is 4.